The third kappa shape index (κ3) is 2.67. The quantitative estimate of drug-likeness (QED) is 0.875. The van der Waals surface area contributed by atoms with E-state index in [-0.39, 0.29) is 12.5 Å². The van der Waals surface area contributed by atoms with E-state index in [1.165, 1.54) is 0 Å². The van der Waals surface area contributed by atoms with Gasteiger partial charge in [0.1, 0.15) is 12.4 Å². The minimum atomic E-state index is -0.0508. The zero-order chi connectivity index (χ0) is 13.1. The maximum absolute atomic E-state index is 11.6. The largest absolute Gasteiger partial charge is 0.358 e. The van der Waals surface area contributed by atoms with Gasteiger partial charge in [0.25, 0.3) is 0 Å². The van der Waals surface area contributed by atoms with Crippen molar-refractivity contribution in [3.05, 3.63) is 28.5 Å². The molecule has 1 N–H and O–H groups in total. The summed E-state index contributed by atoms with van der Waals surface area (Å²) in [5.41, 5.74) is 1.82. The van der Waals surface area contributed by atoms with Crippen LogP contribution < -0.4 is 5.32 Å². The highest BCUT2D eigenvalue weighted by atomic mass is 79.9. The van der Waals surface area contributed by atoms with Crippen molar-refractivity contribution in [1.82, 2.24) is 14.9 Å². The predicted octanol–water partition coefficient (Wildman–Crippen LogP) is 2.33. The van der Waals surface area contributed by atoms with E-state index >= 15 is 0 Å². The van der Waals surface area contributed by atoms with Crippen molar-refractivity contribution in [3.8, 4) is 0 Å². The number of hydrogen-bond acceptors (Lipinski definition) is 2. The van der Waals surface area contributed by atoms with Gasteiger partial charge >= 0.3 is 0 Å². The molecule has 0 fully saturated rings. The molecule has 4 nitrogen and oxygen atoms in total. The van der Waals surface area contributed by atoms with E-state index in [1.807, 2.05) is 22.8 Å². The molecule has 1 heterocycles. The molecule has 0 saturated heterocycles. The molecular formula is C12H13BrClN3O. The lowest BCUT2D eigenvalue weighted by Crippen LogP contribution is -2.24. The molecule has 1 aromatic heterocycles. The number of fused-ring (bicyclic) bond motifs is 1. The molecule has 0 aliphatic rings. The van der Waals surface area contributed by atoms with Gasteiger partial charge in [-0.15, -0.1) is 11.6 Å². The van der Waals surface area contributed by atoms with Crippen molar-refractivity contribution in [1.29, 1.82) is 0 Å². The van der Waals surface area contributed by atoms with Crippen LogP contribution in [-0.2, 0) is 17.8 Å². The molecule has 0 unspecified atom stereocenters. The fourth-order valence-electron chi connectivity index (χ4n) is 1.82. The molecule has 1 aromatic carbocycles. The number of benzene rings is 1. The van der Waals surface area contributed by atoms with E-state index in [4.69, 9.17) is 11.6 Å². The molecule has 0 aliphatic carbocycles. The molecule has 2 rings (SSSR count). The Morgan fingerprint density at radius 1 is 1.56 bits per heavy atom. The Kier molecular flexibility index (Phi) is 4.24. The second-order valence-corrected chi connectivity index (χ2v) is 5.15. The fourth-order valence-corrected chi connectivity index (χ4v) is 2.34. The van der Waals surface area contributed by atoms with Gasteiger partial charge in [0.2, 0.25) is 5.91 Å². The summed E-state index contributed by atoms with van der Waals surface area (Å²) in [6.07, 6.45) is 0.644. The molecule has 6 heteroatoms. The molecule has 96 valence electrons. The van der Waals surface area contributed by atoms with Crippen LogP contribution in [0.15, 0.2) is 22.7 Å². The average Bonchev–Trinajstić information content (AvgIpc) is 2.68. The Bertz CT molecular complexity index is 582. The smallest absolute Gasteiger partial charge is 0.239 e. The first-order valence-corrected chi connectivity index (χ1v) is 6.89. The number of hydrogen-bond donors (Lipinski definition) is 1. The summed E-state index contributed by atoms with van der Waals surface area (Å²) < 4.78 is 2.87. The van der Waals surface area contributed by atoms with Crippen LogP contribution in [0.3, 0.4) is 0 Å². The molecule has 18 heavy (non-hydrogen) atoms. The highest BCUT2D eigenvalue weighted by Gasteiger charge is 2.12. The number of alkyl halides is 1. The summed E-state index contributed by atoms with van der Waals surface area (Å²) in [6.45, 7) is 0.260. The van der Waals surface area contributed by atoms with E-state index < -0.39 is 0 Å². The van der Waals surface area contributed by atoms with Crippen LogP contribution in [0.5, 0.6) is 0 Å². The number of halogens is 2. The highest BCUT2D eigenvalue weighted by Crippen LogP contribution is 2.21. The van der Waals surface area contributed by atoms with Crippen molar-refractivity contribution < 1.29 is 4.79 Å². The Morgan fingerprint density at radius 2 is 2.33 bits per heavy atom. The molecule has 0 radical (unpaired) electrons. The normalized spacial score (nSPS) is 10.8. The summed E-state index contributed by atoms with van der Waals surface area (Å²) in [6, 6.07) is 5.82. The van der Waals surface area contributed by atoms with Gasteiger partial charge < -0.3 is 9.88 Å². The van der Waals surface area contributed by atoms with E-state index in [1.54, 1.807) is 7.05 Å². The zero-order valence-corrected chi connectivity index (χ0v) is 12.3. The third-order valence-corrected chi connectivity index (χ3v) is 3.37. The van der Waals surface area contributed by atoms with Crippen LogP contribution in [0.25, 0.3) is 11.0 Å². The molecular weight excluding hydrogens is 318 g/mol. The first-order chi connectivity index (χ1) is 8.65. The van der Waals surface area contributed by atoms with Crippen LogP contribution in [0, 0.1) is 0 Å². The van der Waals surface area contributed by atoms with E-state index in [2.05, 4.69) is 26.2 Å². The molecule has 2 aromatic rings. The maximum atomic E-state index is 11.6. The van der Waals surface area contributed by atoms with E-state index in [0.717, 1.165) is 21.3 Å². The van der Waals surface area contributed by atoms with Crippen molar-refractivity contribution in [3.63, 3.8) is 0 Å². The van der Waals surface area contributed by atoms with Gasteiger partial charge in [-0.2, -0.15) is 0 Å². The lowest BCUT2D eigenvalue weighted by Gasteiger charge is -2.07. The number of nitrogens with one attached hydrogen (secondary N) is 1. The van der Waals surface area contributed by atoms with Crippen molar-refractivity contribution >= 4 is 44.5 Å². The van der Waals surface area contributed by atoms with Crippen molar-refractivity contribution in [2.45, 2.75) is 13.0 Å². The SMILES string of the molecule is CNC(=O)Cn1c(CCCl)nc2ccc(Br)cc21. The minimum Gasteiger partial charge on any atom is -0.358 e. The van der Waals surface area contributed by atoms with Gasteiger partial charge in [0.05, 0.1) is 11.0 Å². The lowest BCUT2D eigenvalue weighted by molar-refractivity contribution is -0.121. The van der Waals surface area contributed by atoms with Gasteiger partial charge in [-0.1, -0.05) is 15.9 Å². The Labute approximate surface area is 118 Å². The van der Waals surface area contributed by atoms with Gasteiger partial charge in [0, 0.05) is 23.8 Å². The van der Waals surface area contributed by atoms with Gasteiger partial charge in [0.15, 0.2) is 0 Å². The number of aryl methyl sites for hydroxylation is 1. The number of likely N-dealkylation sites (N-methyl/N-ethyl adjacent to an activating group) is 1. The van der Waals surface area contributed by atoms with Gasteiger partial charge in [-0.3, -0.25) is 4.79 Å². The number of nitrogens with zero attached hydrogens (tertiary/aromatic N) is 2. The Hall–Kier alpha value is -1.07. The summed E-state index contributed by atoms with van der Waals surface area (Å²) in [4.78, 5) is 16.1. The number of carbonyl (C=O) groups excluding carboxylic acids is 1. The second-order valence-electron chi connectivity index (χ2n) is 3.86. The monoisotopic (exact) mass is 329 g/mol. The molecule has 0 atom stereocenters. The fraction of sp³-hybridized carbons (Fsp3) is 0.333. The third-order valence-electron chi connectivity index (χ3n) is 2.69. The Balaban J connectivity index is 2.53. The Morgan fingerprint density at radius 3 is 3.00 bits per heavy atom. The summed E-state index contributed by atoms with van der Waals surface area (Å²) in [5, 5.41) is 2.62. The van der Waals surface area contributed by atoms with Crippen LogP contribution in [0.1, 0.15) is 5.82 Å². The lowest BCUT2D eigenvalue weighted by atomic mass is 10.3. The zero-order valence-electron chi connectivity index (χ0n) is 9.91. The summed E-state index contributed by atoms with van der Waals surface area (Å²) in [7, 11) is 1.62. The van der Waals surface area contributed by atoms with Crippen molar-refractivity contribution in [2.75, 3.05) is 12.9 Å². The molecule has 0 spiro atoms. The first kappa shape index (κ1) is 13.4. The molecule has 0 saturated carbocycles. The van der Waals surface area contributed by atoms with Gasteiger partial charge in [-0.25, -0.2) is 4.98 Å². The maximum Gasteiger partial charge on any atom is 0.239 e. The first-order valence-electron chi connectivity index (χ1n) is 5.57. The average molecular weight is 331 g/mol. The topological polar surface area (TPSA) is 46.9 Å². The number of aromatic nitrogens is 2. The number of rotatable bonds is 4. The number of carbonyl (C=O) groups is 1. The molecule has 1 amide bonds. The van der Waals surface area contributed by atoms with Crippen LogP contribution in [0.2, 0.25) is 0 Å². The molecule has 0 aliphatic heterocycles. The van der Waals surface area contributed by atoms with Crippen LogP contribution in [0.4, 0.5) is 0 Å². The van der Waals surface area contributed by atoms with Crippen molar-refractivity contribution in [2.24, 2.45) is 0 Å². The summed E-state index contributed by atoms with van der Waals surface area (Å²) >= 11 is 9.20. The molecule has 0 bridgehead atoms. The van der Waals surface area contributed by atoms with Crippen LogP contribution >= 0.6 is 27.5 Å². The van der Waals surface area contributed by atoms with Crippen LogP contribution in [-0.4, -0.2) is 28.4 Å². The second kappa shape index (κ2) is 5.71. The predicted molar refractivity (Wildman–Crippen MR) is 75.9 cm³/mol. The van der Waals surface area contributed by atoms with Gasteiger partial charge in [-0.05, 0) is 18.2 Å². The number of imidazole rings is 1. The number of amides is 1. The van der Waals surface area contributed by atoms with E-state index in [0.29, 0.717) is 12.3 Å². The standard InChI is InChI=1S/C12H13BrClN3O/c1-15-12(18)7-17-10-6-8(13)2-3-9(10)16-11(17)4-5-14/h2-3,6H,4-5,7H2,1H3,(H,15,18). The summed E-state index contributed by atoms with van der Waals surface area (Å²) in [5.74, 6) is 1.27. The minimum absolute atomic E-state index is 0.0508. The highest BCUT2D eigenvalue weighted by molar-refractivity contribution is 9.10. The van der Waals surface area contributed by atoms with E-state index in [9.17, 15) is 4.79 Å².